The highest BCUT2D eigenvalue weighted by molar-refractivity contribution is 7.98. The fraction of sp³-hybridized carbons (Fsp3) is 0.348. The standard InChI is InChI=1S/C23H26N4O2S/c28-21(26-13-5-2-6-14-26)20-11-7-10-19(16-20)17-30-23-25-24-22(29)27(23)15-12-18-8-3-1-4-9-18/h1,3-4,7-11,16H,2,5-6,12-15,17H2,(H,24,29). The van der Waals surface area contributed by atoms with E-state index in [9.17, 15) is 9.59 Å². The fourth-order valence-corrected chi connectivity index (χ4v) is 4.63. The first-order chi connectivity index (χ1) is 14.7. The van der Waals surface area contributed by atoms with Gasteiger partial charge in [0.15, 0.2) is 5.16 Å². The van der Waals surface area contributed by atoms with Gasteiger partial charge < -0.3 is 4.90 Å². The predicted octanol–water partition coefficient (Wildman–Crippen LogP) is 3.73. The molecule has 2 heterocycles. The van der Waals surface area contributed by atoms with Crippen molar-refractivity contribution in [3.8, 4) is 0 Å². The summed E-state index contributed by atoms with van der Waals surface area (Å²) in [4.78, 5) is 26.9. The number of carbonyl (C=O) groups is 1. The molecule has 156 valence electrons. The van der Waals surface area contributed by atoms with Crippen LogP contribution in [0.4, 0.5) is 0 Å². The van der Waals surface area contributed by atoms with Crippen LogP contribution >= 0.6 is 11.8 Å². The minimum absolute atomic E-state index is 0.112. The third kappa shape index (κ3) is 5.02. The zero-order chi connectivity index (χ0) is 20.8. The van der Waals surface area contributed by atoms with Crippen molar-refractivity contribution in [3.05, 3.63) is 81.8 Å². The number of aromatic nitrogens is 3. The summed E-state index contributed by atoms with van der Waals surface area (Å²) < 4.78 is 1.68. The smallest absolute Gasteiger partial charge is 0.339 e. The van der Waals surface area contributed by atoms with E-state index < -0.39 is 0 Å². The molecule has 7 heteroatoms. The third-order valence-corrected chi connectivity index (χ3v) is 6.42. The lowest BCUT2D eigenvalue weighted by molar-refractivity contribution is 0.0724. The molecule has 4 rings (SSSR count). The molecule has 1 aliphatic heterocycles. The lowest BCUT2D eigenvalue weighted by Crippen LogP contribution is -2.35. The molecule has 2 aromatic carbocycles. The Hall–Kier alpha value is -2.80. The number of rotatable bonds is 7. The number of nitrogens with zero attached hydrogens (tertiary/aromatic N) is 3. The summed E-state index contributed by atoms with van der Waals surface area (Å²) in [5.41, 5.74) is 2.78. The van der Waals surface area contributed by atoms with Crippen LogP contribution < -0.4 is 5.69 Å². The number of benzene rings is 2. The van der Waals surface area contributed by atoms with Gasteiger partial charge >= 0.3 is 5.69 Å². The first-order valence-electron chi connectivity index (χ1n) is 10.4. The molecule has 30 heavy (non-hydrogen) atoms. The summed E-state index contributed by atoms with van der Waals surface area (Å²) in [6, 6.07) is 17.9. The van der Waals surface area contributed by atoms with Crippen LogP contribution in [0.1, 0.15) is 40.7 Å². The van der Waals surface area contributed by atoms with E-state index in [1.54, 1.807) is 4.57 Å². The monoisotopic (exact) mass is 422 g/mol. The average molecular weight is 423 g/mol. The molecule has 0 saturated carbocycles. The number of piperidine rings is 1. The van der Waals surface area contributed by atoms with E-state index in [2.05, 4.69) is 22.3 Å². The number of hydrogen-bond donors (Lipinski definition) is 1. The quantitative estimate of drug-likeness (QED) is 0.589. The topological polar surface area (TPSA) is 71.0 Å². The Bertz CT molecular complexity index is 1040. The first kappa shape index (κ1) is 20.5. The van der Waals surface area contributed by atoms with Crippen LogP contribution in [-0.2, 0) is 18.7 Å². The summed E-state index contributed by atoms with van der Waals surface area (Å²) in [5.74, 6) is 0.762. The van der Waals surface area contributed by atoms with Gasteiger partial charge in [-0.15, -0.1) is 5.10 Å². The van der Waals surface area contributed by atoms with Crippen molar-refractivity contribution in [3.63, 3.8) is 0 Å². The van der Waals surface area contributed by atoms with Crippen LogP contribution in [0.5, 0.6) is 0 Å². The molecule has 3 aromatic rings. The molecular weight excluding hydrogens is 396 g/mol. The Morgan fingerprint density at radius 1 is 1.00 bits per heavy atom. The zero-order valence-electron chi connectivity index (χ0n) is 16.9. The van der Waals surface area contributed by atoms with Gasteiger partial charge in [-0.25, -0.2) is 9.89 Å². The summed E-state index contributed by atoms with van der Waals surface area (Å²) in [6.45, 7) is 2.27. The second-order valence-corrected chi connectivity index (χ2v) is 8.48. The van der Waals surface area contributed by atoms with Crippen LogP contribution in [0.2, 0.25) is 0 Å². The average Bonchev–Trinajstić information content (AvgIpc) is 3.16. The SMILES string of the molecule is O=C(c1cccc(CSc2n[nH]c(=O)n2CCc2ccccc2)c1)N1CCCCC1. The molecule has 0 atom stereocenters. The molecule has 1 fully saturated rings. The Balaban J connectivity index is 1.40. The van der Waals surface area contributed by atoms with E-state index in [4.69, 9.17) is 0 Å². The number of aryl methyl sites for hydroxylation is 1. The molecule has 6 nitrogen and oxygen atoms in total. The maximum absolute atomic E-state index is 12.8. The van der Waals surface area contributed by atoms with Crippen LogP contribution in [0, 0.1) is 0 Å². The van der Waals surface area contributed by atoms with Crippen molar-refractivity contribution in [2.75, 3.05) is 13.1 Å². The van der Waals surface area contributed by atoms with Gasteiger partial charge in [0, 0.05) is 31.0 Å². The van der Waals surface area contributed by atoms with Gasteiger partial charge in [-0.1, -0.05) is 54.2 Å². The number of H-pyrrole nitrogens is 1. The highest BCUT2D eigenvalue weighted by Gasteiger charge is 2.18. The number of nitrogens with one attached hydrogen (secondary N) is 1. The number of amides is 1. The number of likely N-dealkylation sites (tertiary alicyclic amines) is 1. The number of aromatic amines is 1. The van der Waals surface area contributed by atoms with Crippen molar-refractivity contribution in [1.29, 1.82) is 0 Å². The summed E-state index contributed by atoms with van der Waals surface area (Å²) in [6.07, 6.45) is 4.14. The van der Waals surface area contributed by atoms with Crippen molar-refractivity contribution < 1.29 is 4.79 Å². The molecule has 0 aliphatic carbocycles. The predicted molar refractivity (Wildman–Crippen MR) is 119 cm³/mol. The maximum atomic E-state index is 12.8. The van der Waals surface area contributed by atoms with Crippen LogP contribution in [0.15, 0.2) is 64.5 Å². The molecule has 0 bridgehead atoms. The van der Waals surface area contributed by atoms with Crippen molar-refractivity contribution in [2.24, 2.45) is 0 Å². The molecule has 1 aromatic heterocycles. The lowest BCUT2D eigenvalue weighted by Gasteiger charge is -2.26. The second kappa shape index (κ2) is 9.80. The van der Waals surface area contributed by atoms with Gasteiger partial charge in [-0.2, -0.15) is 0 Å². The van der Waals surface area contributed by atoms with Gasteiger partial charge in [0.05, 0.1) is 0 Å². The summed E-state index contributed by atoms with van der Waals surface area (Å²) >= 11 is 1.51. The largest absolute Gasteiger partial charge is 0.343 e. The highest BCUT2D eigenvalue weighted by atomic mass is 32.2. The van der Waals surface area contributed by atoms with Crippen LogP contribution in [-0.4, -0.2) is 38.7 Å². The number of thioether (sulfide) groups is 1. The Kier molecular flexibility index (Phi) is 6.69. The van der Waals surface area contributed by atoms with Crippen molar-refractivity contribution in [2.45, 2.75) is 43.1 Å². The minimum atomic E-state index is -0.192. The second-order valence-electron chi connectivity index (χ2n) is 7.54. The maximum Gasteiger partial charge on any atom is 0.343 e. The normalized spacial score (nSPS) is 14.1. The first-order valence-corrected chi connectivity index (χ1v) is 11.4. The molecule has 1 saturated heterocycles. The molecule has 1 amide bonds. The lowest BCUT2D eigenvalue weighted by atomic mass is 10.1. The molecule has 1 N–H and O–H groups in total. The van der Waals surface area contributed by atoms with Crippen molar-refractivity contribution >= 4 is 17.7 Å². The van der Waals surface area contributed by atoms with E-state index in [-0.39, 0.29) is 11.6 Å². The van der Waals surface area contributed by atoms with Crippen LogP contribution in [0.3, 0.4) is 0 Å². The third-order valence-electron chi connectivity index (χ3n) is 5.38. The van der Waals surface area contributed by atoms with Crippen molar-refractivity contribution in [1.82, 2.24) is 19.7 Å². The zero-order valence-corrected chi connectivity index (χ0v) is 17.7. The van der Waals surface area contributed by atoms with Gasteiger partial charge in [0.2, 0.25) is 0 Å². The Morgan fingerprint density at radius 2 is 1.77 bits per heavy atom. The van der Waals surface area contributed by atoms with Gasteiger partial charge in [0.25, 0.3) is 5.91 Å². The van der Waals surface area contributed by atoms with E-state index >= 15 is 0 Å². The fourth-order valence-electron chi connectivity index (χ4n) is 3.72. The Morgan fingerprint density at radius 3 is 2.57 bits per heavy atom. The van der Waals surface area contributed by atoms with E-state index in [0.29, 0.717) is 17.5 Å². The molecule has 0 spiro atoms. The van der Waals surface area contributed by atoms with E-state index in [0.717, 1.165) is 43.5 Å². The number of hydrogen-bond acceptors (Lipinski definition) is 4. The van der Waals surface area contributed by atoms with Gasteiger partial charge in [0.1, 0.15) is 0 Å². The molecule has 0 radical (unpaired) electrons. The molecular formula is C23H26N4O2S. The molecule has 0 unspecified atom stereocenters. The van der Waals surface area contributed by atoms with Gasteiger partial charge in [-0.05, 0) is 48.9 Å². The Labute approximate surface area is 180 Å². The van der Waals surface area contributed by atoms with E-state index in [1.807, 2.05) is 47.4 Å². The van der Waals surface area contributed by atoms with Gasteiger partial charge in [-0.3, -0.25) is 9.36 Å². The summed E-state index contributed by atoms with van der Waals surface area (Å²) in [7, 11) is 0. The summed E-state index contributed by atoms with van der Waals surface area (Å²) in [5, 5.41) is 7.42. The molecule has 1 aliphatic rings. The highest BCUT2D eigenvalue weighted by Crippen LogP contribution is 2.22. The number of carbonyl (C=O) groups excluding carboxylic acids is 1. The minimum Gasteiger partial charge on any atom is -0.339 e. The van der Waals surface area contributed by atoms with E-state index in [1.165, 1.54) is 23.7 Å². The van der Waals surface area contributed by atoms with Crippen LogP contribution in [0.25, 0.3) is 0 Å².